The summed E-state index contributed by atoms with van der Waals surface area (Å²) in [6.45, 7) is 7.88. The zero-order chi connectivity index (χ0) is 14.4. The molecule has 3 nitrogen and oxygen atoms in total. The Morgan fingerprint density at radius 3 is 2.53 bits per heavy atom. The van der Waals surface area contributed by atoms with Crippen LogP contribution in [0, 0.1) is 6.92 Å². The highest BCUT2D eigenvalue weighted by Gasteiger charge is 2.18. The number of amides is 1. The van der Waals surface area contributed by atoms with Gasteiger partial charge in [0.2, 0.25) is 0 Å². The third-order valence-corrected chi connectivity index (χ3v) is 3.64. The minimum atomic E-state index is -0.486. The van der Waals surface area contributed by atoms with E-state index in [1.165, 1.54) is 0 Å². The van der Waals surface area contributed by atoms with Crippen molar-refractivity contribution in [2.75, 3.05) is 0 Å². The van der Waals surface area contributed by atoms with Gasteiger partial charge in [-0.3, -0.25) is 4.79 Å². The van der Waals surface area contributed by atoms with Crippen molar-refractivity contribution in [3.05, 3.63) is 28.2 Å². The van der Waals surface area contributed by atoms with Crippen LogP contribution >= 0.6 is 15.9 Å². The maximum Gasteiger partial charge on any atom is 0.260 e. The van der Waals surface area contributed by atoms with E-state index < -0.39 is 6.10 Å². The van der Waals surface area contributed by atoms with E-state index in [0.29, 0.717) is 0 Å². The number of halogens is 1. The molecule has 0 saturated carbocycles. The molecule has 0 aliphatic rings. The summed E-state index contributed by atoms with van der Waals surface area (Å²) in [6, 6.07) is 5.99. The Bertz CT molecular complexity index is 430. The van der Waals surface area contributed by atoms with Crippen molar-refractivity contribution in [1.29, 1.82) is 0 Å². The molecule has 1 rings (SSSR count). The number of carbonyl (C=O) groups is 1. The maximum atomic E-state index is 12.0. The van der Waals surface area contributed by atoms with Gasteiger partial charge in [0.15, 0.2) is 6.10 Å². The quantitative estimate of drug-likeness (QED) is 0.862. The van der Waals surface area contributed by atoms with E-state index in [4.69, 9.17) is 4.74 Å². The topological polar surface area (TPSA) is 38.3 Å². The molecule has 1 aromatic rings. The molecule has 1 atom stereocenters. The Morgan fingerprint density at radius 2 is 2.00 bits per heavy atom. The van der Waals surface area contributed by atoms with E-state index in [2.05, 4.69) is 35.1 Å². The molecule has 4 heteroatoms. The lowest BCUT2D eigenvalue weighted by Gasteiger charge is -2.20. The first kappa shape index (κ1) is 16.0. The first-order valence-corrected chi connectivity index (χ1v) is 7.50. The summed E-state index contributed by atoms with van der Waals surface area (Å²) in [7, 11) is 0. The van der Waals surface area contributed by atoms with Gasteiger partial charge < -0.3 is 10.1 Å². The molecule has 106 valence electrons. The molecule has 1 aromatic carbocycles. The van der Waals surface area contributed by atoms with Crippen LogP contribution in [0.2, 0.25) is 0 Å². The van der Waals surface area contributed by atoms with Gasteiger partial charge in [0.1, 0.15) is 5.75 Å². The van der Waals surface area contributed by atoms with Gasteiger partial charge in [-0.25, -0.2) is 0 Å². The number of hydrogen-bond donors (Lipinski definition) is 1. The average Bonchev–Trinajstić information content (AvgIpc) is 2.38. The molecule has 0 heterocycles. The standard InChI is InChI=1S/C15H22BrNO2/c1-5-13(6-2)17-15(18)11(4)19-14-8-7-12(16)9-10(14)3/h7-9,11,13H,5-6H2,1-4H3,(H,17,18). The van der Waals surface area contributed by atoms with Gasteiger partial charge in [-0.15, -0.1) is 0 Å². The van der Waals surface area contributed by atoms with Crippen LogP contribution in [0.4, 0.5) is 0 Å². The normalized spacial score (nSPS) is 12.3. The monoisotopic (exact) mass is 327 g/mol. The van der Waals surface area contributed by atoms with Crippen LogP contribution in [0.1, 0.15) is 39.2 Å². The zero-order valence-electron chi connectivity index (χ0n) is 12.0. The Morgan fingerprint density at radius 1 is 1.37 bits per heavy atom. The summed E-state index contributed by atoms with van der Waals surface area (Å²) < 4.78 is 6.72. The molecule has 19 heavy (non-hydrogen) atoms. The van der Waals surface area contributed by atoms with Gasteiger partial charge in [-0.05, 0) is 50.5 Å². The van der Waals surface area contributed by atoms with Gasteiger partial charge in [0.05, 0.1) is 0 Å². The molecule has 0 fully saturated rings. The molecule has 1 N–H and O–H groups in total. The lowest BCUT2D eigenvalue weighted by atomic mass is 10.1. The van der Waals surface area contributed by atoms with E-state index in [1.807, 2.05) is 25.1 Å². The van der Waals surface area contributed by atoms with Crippen LogP contribution in [-0.2, 0) is 4.79 Å². The number of aryl methyl sites for hydroxylation is 1. The summed E-state index contributed by atoms with van der Waals surface area (Å²) in [5.41, 5.74) is 1.01. The molecule has 0 spiro atoms. The minimum absolute atomic E-state index is 0.0592. The predicted molar refractivity (Wildman–Crippen MR) is 81.5 cm³/mol. The van der Waals surface area contributed by atoms with Crippen LogP contribution in [0.15, 0.2) is 22.7 Å². The van der Waals surface area contributed by atoms with Gasteiger partial charge >= 0.3 is 0 Å². The van der Waals surface area contributed by atoms with Crippen molar-refractivity contribution in [3.8, 4) is 5.75 Å². The molecule has 0 aliphatic carbocycles. The van der Waals surface area contributed by atoms with Crippen LogP contribution in [0.3, 0.4) is 0 Å². The van der Waals surface area contributed by atoms with E-state index in [1.54, 1.807) is 6.92 Å². The second-order valence-corrected chi connectivity index (χ2v) is 5.61. The highest BCUT2D eigenvalue weighted by molar-refractivity contribution is 9.10. The van der Waals surface area contributed by atoms with Crippen molar-refractivity contribution < 1.29 is 9.53 Å². The summed E-state index contributed by atoms with van der Waals surface area (Å²) in [5.74, 6) is 0.686. The third kappa shape index (κ3) is 4.86. The van der Waals surface area contributed by atoms with Crippen molar-refractivity contribution in [2.45, 2.75) is 52.7 Å². The number of benzene rings is 1. The van der Waals surface area contributed by atoms with E-state index in [0.717, 1.165) is 28.6 Å². The van der Waals surface area contributed by atoms with Gasteiger partial charge in [-0.2, -0.15) is 0 Å². The molecule has 1 amide bonds. The molecule has 0 radical (unpaired) electrons. The second kappa shape index (κ2) is 7.53. The lowest BCUT2D eigenvalue weighted by molar-refractivity contribution is -0.128. The average molecular weight is 328 g/mol. The van der Waals surface area contributed by atoms with Crippen LogP contribution in [-0.4, -0.2) is 18.1 Å². The minimum Gasteiger partial charge on any atom is -0.481 e. The predicted octanol–water partition coefficient (Wildman–Crippen LogP) is 3.83. The van der Waals surface area contributed by atoms with Gasteiger partial charge in [0, 0.05) is 10.5 Å². The number of ether oxygens (including phenoxy) is 1. The molecule has 0 bridgehead atoms. The van der Waals surface area contributed by atoms with Gasteiger partial charge in [-0.1, -0.05) is 29.8 Å². The van der Waals surface area contributed by atoms with Crippen molar-refractivity contribution in [2.24, 2.45) is 0 Å². The molecule has 0 saturated heterocycles. The fraction of sp³-hybridized carbons (Fsp3) is 0.533. The molecular formula is C15H22BrNO2. The molecule has 0 aliphatic heterocycles. The first-order chi connectivity index (χ1) is 8.97. The Balaban J connectivity index is 2.63. The van der Waals surface area contributed by atoms with Crippen LogP contribution in [0.5, 0.6) is 5.75 Å². The number of nitrogens with one attached hydrogen (secondary N) is 1. The van der Waals surface area contributed by atoms with Crippen molar-refractivity contribution >= 4 is 21.8 Å². The number of hydrogen-bond acceptors (Lipinski definition) is 2. The Kier molecular flexibility index (Phi) is 6.35. The van der Waals surface area contributed by atoms with Crippen molar-refractivity contribution in [1.82, 2.24) is 5.32 Å². The third-order valence-electron chi connectivity index (χ3n) is 3.14. The largest absolute Gasteiger partial charge is 0.481 e. The fourth-order valence-corrected chi connectivity index (χ4v) is 2.28. The summed E-state index contributed by atoms with van der Waals surface area (Å²) in [4.78, 5) is 12.0. The lowest BCUT2D eigenvalue weighted by Crippen LogP contribution is -2.42. The Labute approximate surface area is 123 Å². The van der Waals surface area contributed by atoms with E-state index in [9.17, 15) is 4.79 Å². The first-order valence-electron chi connectivity index (χ1n) is 6.71. The fourth-order valence-electron chi connectivity index (χ4n) is 1.80. The smallest absolute Gasteiger partial charge is 0.260 e. The summed E-state index contributed by atoms with van der Waals surface area (Å²) >= 11 is 3.41. The van der Waals surface area contributed by atoms with E-state index >= 15 is 0 Å². The summed E-state index contributed by atoms with van der Waals surface area (Å²) in [5, 5.41) is 2.99. The molecular weight excluding hydrogens is 306 g/mol. The highest BCUT2D eigenvalue weighted by atomic mass is 79.9. The van der Waals surface area contributed by atoms with Crippen molar-refractivity contribution in [3.63, 3.8) is 0 Å². The maximum absolute atomic E-state index is 12.0. The summed E-state index contributed by atoms with van der Waals surface area (Å²) in [6.07, 6.45) is 1.39. The SMILES string of the molecule is CCC(CC)NC(=O)C(C)Oc1ccc(Br)cc1C. The second-order valence-electron chi connectivity index (χ2n) is 4.69. The Hall–Kier alpha value is -1.03. The number of rotatable bonds is 6. The molecule has 1 unspecified atom stereocenters. The van der Waals surface area contributed by atoms with Gasteiger partial charge in [0.25, 0.3) is 5.91 Å². The van der Waals surface area contributed by atoms with Crippen LogP contribution in [0.25, 0.3) is 0 Å². The molecule has 0 aromatic heterocycles. The van der Waals surface area contributed by atoms with Crippen LogP contribution < -0.4 is 10.1 Å². The van der Waals surface area contributed by atoms with E-state index in [-0.39, 0.29) is 11.9 Å². The highest BCUT2D eigenvalue weighted by Crippen LogP contribution is 2.23. The zero-order valence-corrected chi connectivity index (χ0v) is 13.6. The number of carbonyl (C=O) groups excluding carboxylic acids is 1.